The lowest BCUT2D eigenvalue weighted by molar-refractivity contribution is -0.130. The topological polar surface area (TPSA) is 47.6 Å². The SMILES string of the molecule is O=C(OC1CCCCO1)c1ccc(NCCCCCCCCC2CCCCC2)cc1. The van der Waals surface area contributed by atoms with Crippen LogP contribution in [0.2, 0.25) is 0 Å². The molecule has 168 valence electrons. The van der Waals surface area contributed by atoms with Crippen molar-refractivity contribution in [1.82, 2.24) is 0 Å². The molecule has 1 aliphatic heterocycles. The molecule has 0 spiro atoms. The monoisotopic (exact) mass is 415 g/mol. The van der Waals surface area contributed by atoms with Crippen LogP contribution in [0.3, 0.4) is 0 Å². The zero-order chi connectivity index (χ0) is 20.9. The molecule has 1 saturated carbocycles. The second kappa shape index (κ2) is 13.7. The quantitative estimate of drug-likeness (QED) is 0.292. The fourth-order valence-corrected chi connectivity index (χ4v) is 4.69. The van der Waals surface area contributed by atoms with Gasteiger partial charge in [0.15, 0.2) is 0 Å². The molecule has 4 heteroatoms. The molecule has 0 radical (unpaired) electrons. The number of hydrogen-bond donors (Lipinski definition) is 1. The minimum Gasteiger partial charge on any atom is -0.432 e. The molecule has 1 aromatic rings. The van der Waals surface area contributed by atoms with Crippen molar-refractivity contribution in [2.75, 3.05) is 18.5 Å². The Labute approximate surface area is 183 Å². The second-order valence-electron chi connectivity index (χ2n) is 9.12. The Bertz CT molecular complexity index is 589. The number of anilines is 1. The van der Waals surface area contributed by atoms with Gasteiger partial charge in [0.2, 0.25) is 6.29 Å². The molecule has 0 amide bonds. The molecule has 1 heterocycles. The Morgan fingerprint density at radius 1 is 0.867 bits per heavy atom. The van der Waals surface area contributed by atoms with Crippen molar-refractivity contribution >= 4 is 11.7 Å². The minimum absolute atomic E-state index is 0.295. The fraction of sp³-hybridized carbons (Fsp3) is 0.731. The van der Waals surface area contributed by atoms with Crippen molar-refractivity contribution in [3.8, 4) is 0 Å². The summed E-state index contributed by atoms with van der Waals surface area (Å²) >= 11 is 0. The number of esters is 1. The molecule has 1 N–H and O–H groups in total. The van der Waals surface area contributed by atoms with Crippen LogP contribution in [0, 0.1) is 5.92 Å². The number of rotatable bonds is 12. The van der Waals surface area contributed by atoms with Gasteiger partial charge in [-0.2, -0.15) is 0 Å². The summed E-state index contributed by atoms with van der Waals surface area (Å²) in [6.45, 7) is 1.67. The minimum atomic E-state index is -0.378. The first-order valence-electron chi connectivity index (χ1n) is 12.5. The summed E-state index contributed by atoms with van der Waals surface area (Å²) in [5.74, 6) is 0.744. The van der Waals surface area contributed by atoms with Crippen molar-refractivity contribution in [2.45, 2.75) is 103 Å². The molecule has 0 aromatic heterocycles. The van der Waals surface area contributed by atoms with Crippen LogP contribution in [0.15, 0.2) is 24.3 Å². The average molecular weight is 416 g/mol. The van der Waals surface area contributed by atoms with Crippen LogP contribution in [0.4, 0.5) is 5.69 Å². The zero-order valence-electron chi connectivity index (χ0n) is 18.7. The first-order valence-corrected chi connectivity index (χ1v) is 12.5. The fourth-order valence-electron chi connectivity index (χ4n) is 4.69. The van der Waals surface area contributed by atoms with Crippen LogP contribution >= 0.6 is 0 Å². The van der Waals surface area contributed by atoms with Gasteiger partial charge in [0, 0.05) is 18.7 Å². The number of ether oxygens (including phenoxy) is 2. The highest BCUT2D eigenvalue weighted by Crippen LogP contribution is 2.28. The van der Waals surface area contributed by atoms with Gasteiger partial charge in [-0.3, -0.25) is 0 Å². The molecule has 2 aliphatic rings. The maximum Gasteiger partial charge on any atom is 0.340 e. The Morgan fingerprint density at radius 3 is 2.30 bits per heavy atom. The lowest BCUT2D eigenvalue weighted by Gasteiger charge is -2.22. The molecule has 2 fully saturated rings. The van der Waals surface area contributed by atoms with E-state index in [2.05, 4.69) is 5.32 Å². The number of benzene rings is 1. The summed E-state index contributed by atoms with van der Waals surface area (Å²) < 4.78 is 10.9. The third-order valence-electron chi connectivity index (χ3n) is 6.59. The van der Waals surface area contributed by atoms with Crippen LogP contribution in [0.1, 0.15) is 107 Å². The summed E-state index contributed by atoms with van der Waals surface area (Å²) in [6.07, 6.45) is 19.5. The predicted octanol–water partition coefficient (Wildman–Crippen LogP) is 7.09. The van der Waals surface area contributed by atoms with Crippen molar-refractivity contribution in [2.24, 2.45) is 5.92 Å². The van der Waals surface area contributed by atoms with Gasteiger partial charge in [-0.05, 0) is 49.4 Å². The van der Waals surface area contributed by atoms with Crippen molar-refractivity contribution in [3.05, 3.63) is 29.8 Å². The first kappa shape index (κ1) is 23.1. The van der Waals surface area contributed by atoms with Gasteiger partial charge in [0.1, 0.15) is 0 Å². The van der Waals surface area contributed by atoms with E-state index in [9.17, 15) is 4.79 Å². The Balaban J connectivity index is 1.19. The highest BCUT2D eigenvalue weighted by atomic mass is 16.7. The number of carbonyl (C=O) groups is 1. The van der Waals surface area contributed by atoms with Crippen molar-refractivity contribution in [3.63, 3.8) is 0 Å². The molecule has 0 bridgehead atoms. The smallest absolute Gasteiger partial charge is 0.340 e. The van der Waals surface area contributed by atoms with Crippen molar-refractivity contribution < 1.29 is 14.3 Å². The normalized spacial score (nSPS) is 20.1. The lowest BCUT2D eigenvalue weighted by Crippen LogP contribution is -2.25. The lowest BCUT2D eigenvalue weighted by atomic mass is 9.85. The van der Waals surface area contributed by atoms with E-state index in [1.54, 1.807) is 0 Å². The first-order chi connectivity index (χ1) is 14.8. The van der Waals surface area contributed by atoms with Crippen LogP contribution in [0.5, 0.6) is 0 Å². The molecule has 1 aromatic carbocycles. The van der Waals surface area contributed by atoms with Gasteiger partial charge >= 0.3 is 5.97 Å². The molecule has 3 rings (SSSR count). The third-order valence-corrected chi connectivity index (χ3v) is 6.59. The maximum atomic E-state index is 12.2. The molecule has 1 aliphatic carbocycles. The summed E-state index contributed by atoms with van der Waals surface area (Å²) in [5, 5.41) is 3.46. The van der Waals surface area contributed by atoms with E-state index in [4.69, 9.17) is 9.47 Å². The molecule has 1 atom stereocenters. The van der Waals surface area contributed by atoms with Crippen LogP contribution < -0.4 is 5.32 Å². The van der Waals surface area contributed by atoms with E-state index < -0.39 is 0 Å². The number of unbranched alkanes of at least 4 members (excludes halogenated alkanes) is 5. The Hall–Kier alpha value is -1.55. The van der Waals surface area contributed by atoms with Crippen molar-refractivity contribution in [1.29, 1.82) is 0 Å². The Morgan fingerprint density at radius 2 is 1.57 bits per heavy atom. The van der Waals surface area contributed by atoms with E-state index in [0.29, 0.717) is 12.2 Å². The van der Waals surface area contributed by atoms with E-state index >= 15 is 0 Å². The van der Waals surface area contributed by atoms with Gasteiger partial charge in [0.25, 0.3) is 0 Å². The van der Waals surface area contributed by atoms with Crippen LogP contribution in [-0.4, -0.2) is 25.4 Å². The maximum absolute atomic E-state index is 12.2. The van der Waals surface area contributed by atoms with Crippen LogP contribution in [0.25, 0.3) is 0 Å². The summed E-state index contributed by atoms with van der Waals surface area (Å²) in [7, 11) is 0. The van der Waals surface area contributed by atoms with E-state index in [1.165, 1.54) is 77.0 Å². The molecule has 30 heavy (non-hydrogen) atoms. The molecule has 1 saturated heterocycles. The van der Waals surface area contributed by atoms with Gasteiger partial charge in [0.05, 0.1) is 12.2 Å². The predicted molar refractivity (Wildman–Crippen MR) is 123 cm³/mol. The molecular weight excluding hydrogens is 374 g/mol. The number of carbonyl (C=O) groups excluding carboxylic acids is 1. The van der Waals surface area contributed by atoms with E-state index in [0.717, 1.165) is 37.4 Å². The zero-order valence-corrected chi connectivity index (χ0v) is 18.7. The molecule has 4 nitrogen and oxygen atoms in total. The number of hydrogen-bond acceptors (Lipinski definition) is 4. The van der Waals surface area contributed by atoms with Gasteiger partial charge < -0.3 is 14.8 Å². The second-order valence-corrected chi connectivity index (χ2v) is 9.12. The highest BCUT2D eigenvalue weighted by Gasteiger charge is 2.19. The largest absolute Gasteiger partial charge is 0.432 e. The third kappa shape index (κ3) is 8.67. The van der Waals surface area contributed by atoms with Gasteiger partial charge in [-0.15, -0.1) is 0 Å². The standard InChI is InChI=1S/C26H41NO3/c28-26(30-25-15-9-11-21-29-25)23-16-18-24(19-17-23)27-20-10-4-2-1-3-6-12-22-13-7-5-8-14-22/h16-19,22,25,27H,1-15,20-21H2. The summed E-state index contributed by atoms with van der Waals surface area (Å²) in [4.78, 5) is 12.2. The Kier molecular flexibility index (Phi) is 10.6. The van der Waals surface area contributed by atoms with E-state index in [-0.39, 0.29) is 12.3 Å². The van der Waals surface area contributed by atoms with Gasteiger partial charge in [-0.25, -0.2) is 4.79 Å². The summed E-state index contributed by atoms with van der Waals surface area (Å²) in [6, 6.07) is 7.59. The molecule has 1 unspecified atom stereocenters. The number of nitrogens with one attached hydrogen (secondary N) is 1. The average Bonchev–Trinajstić information content (AvgIpc) is 2.80. The molecular formula is C26H41NO3. The highest BCUT2D eigenvalue weighted by molar-refractivity contribution is 5.89. The summed E-state index contributed by atoms with van der Waals surface area (Å²) in [5.41, 5.74) is 1.65. The van der Waals surface area contributed by atoms with Crippen LogP contribution in [-0.2, 0) is 9.47 Å². The van der Waals surface area contributed by atoms with E-state index in [1.807, 2.05) is 24.3 Å². The van der Waals surface area contributed by atoms with Gasteiger partial charge in [-0.1, -0.05) is 70.6 Å².